The smallest absolute Gasteiger partial charge is 0.280 e. The Morgan fingerprint density at radius 3 is 3.05 bits per heavy atom. The van der Waals surface area contributed by atoms with Crippen LogP contribution in [0.5, 0.6) is 0 Å². The zero-order valence-electron chi connectivity index (χ0n) is 9.85. The molecule has 19 heavy (non-hydrogen) atoms. The summed E-state index contributed by atoms with van der Waals surface area (Å²) < 4.78 is 12.2. The van der Waals surface area contributed by atoms with Crippen molar-refractivity contribution in [3.8, 4) is 23.2 Å². The molecule has 1 aliphatic heterocycles. The van der Waals surface area contributed by atoms with Crippen molar-refractivity contribution in [1.82, 2.24) is 30.5 Å². The summed E-state index contributed by atoms with van der Waals surface area (Å²) in [5.74, 6) is 1.30. The molecule has 1 N–H and O–H groups in total. The van der Waals surface area contributed by atoms with Gasteiger partial charge in [0.05, 0.1) is 18.5 Å². The van der Waals surface area contributed by atoms with Crippen LogP contribution in [-0.2, 0) is 0 Å². The normalized spacial score (nSPS) is 15.6. The molecule has 0 saturated carbocycles. The Kier molecular flexibility index (Phi) is 2.21. The average Bonchev–Trinajstić information content (AvgIpc) is 3.08. The lowest BCUT2D eigenvalue weighted by atomic mass is 10.2. The van der Waals surface area contributed by atoms with Gasteiger partial charge in [0.15, 0.2) is 11.5 Å². The first-order valence-electron chi connectivity index (χ1n) is 5.90. The monoisotopic (exact) mass is 258 g/mol. The Bertz CT molecular complexity index is 682. The third-order valence-electron chi connectivity index (χ3n) is 3.03. The second-order valence-corrected chi connectivity index (χ2v) is 4.30. The molecular formula is C11H10N6O2. The van der Waals surface area contributed by atoms with E-state index in [1.807, 2.05) is 10.9 Å². The molecular weight excluding hydrogens is 248 g/mol. The third-order valence-corrected chi connectivity index (χ3v) is 3.03. The van der Waals surface area contributed by atoms with E-state index in [0.717, 1.165) is 13.1 Å². The fourth-order valence-corrected chi connectivity index (χ4v) is 1.85. The maximum absolute atomic E-state index is 5.20. The number of furan rings is 1. The van der Waals surface area contributed by atoms with Crippen LogP contribution < -0.4 is 5.32 Å². The van der Waals surface area contributed by atoms with Gasteiger partial charge in [-0.15, -0.1) is 5.10 Å². The zero-order valence-corrected chi connectivity index (χ0v) is 9.85. The molecule has 0 spiro atoms. The SMILES string of the molecule is c1coc(-c2noc(-c3cn(C4CNC4)nn3)n2)c1. The molecule has 0 aromatic carbocycles. The first-order valence-corrected chi connectivity index (χ1v) is 5.90. The van der Waals surface area contributed by atoms with Gasteiger partial charge in [-0.2, -0.15) is 4.98 Å². The van der Waals surface area contributed by atoms with Crippen molar-refractivity contribution in [2.45, 2.75) is 6.04 Å². The lowest BCUT2D eigenvalue weighted by molar-refractivity contribution is 0.313. The standard InChI is InChI=1S/C11H10N6O2/c1-2-9(18-3-1)10-13-11(19-15-10)8-6-17(16-14-8)7-4-12-5-7/h1-3,6-7,12H,4-5H2. The van der Waals surface area contributed by atoms with E-state index in [0.29, 0.717) is 29.2 Å². The van der Waals surface area contributed by atoms with Crippen LogP contribution in [0.4, 0.5) is 0 Å². The van der Waals surface area contributed by atoms with E-state index in [1.54, 1.807) is 18.4 Å². The van der Waals surface area contributed by atoms with E-state index < -0.39 is 0 Å². The molecule has 4 rings (SSSR count). The van der Waals surface area contributed by atoms with Crippen molar-refractivity contribution < 1.29 is 8.94 Å². The van der Waals surface area contributed by atoms with Crippen molar-refractivity contribution in [1.29, 1.82) is 0 Å². The number of rotatable bonds is 3. The Labute approximate surface area is 107 Å². The molecule has 8 nitrogen and oxygen atoms in total. The second kappa shape index (κ2) is 4.02. The number of nitrogens with zero attached hydrogens (tertiary/aromatic N) is 5. The second-order valence-electron chi connectivity index (χ2n) is 4.30. The van der Waals surface area contributed by atoms with E-state index in [1.165, 1.54) is 0 Å². The van der Waals surface area contributed by atoms with Crippen LogP contribution in [0, 0.1) is 0 Å². The van der Waals surface area contributed by atoms with Gasteiger partial charge < -0.3 is 14.3 Å². The predicted molar refractivity (Wildman–Crippen MR) is 62.9 cm³/mol. The number of hydrogen-bond acceptors (Lipinski definition) is 7. The summed E-state index contributed by atoms with van der Waals surface area (Å²) in [5.41, 5.74) is 0.567. The summed E-state index contributed by atoms with van der Waals surface area (Å²) >= 11 is 0. The van der Waals surface area contributed by atoms with E-state index in [9.17, 15) is 0 Å². The van der Waals surface area contributed by atoms with E-state index in [-0.39, 0.29) is 0 Å². The summed E-state index contributed by atoms with van der Waals surface area (Å²) in [7, 11) is 0. The quantitative estimate of drug-likeness (QED) is 0.740. The van der Waals surface area contributed by atoms with Gasteiger partial charge in [-0.1, -0.05) is 10.4 Å². The molecule has 4 heterocycles. The van der Waals surface area contributed by atoms with Gasteiger partial charge in [0.1, 0.15) is 0 Å². The maximum atomic E-state index is 5.20. The van der Waals surface area contributed by atoms with Crippen molar-refractivity contribution in [3.63, 3.8) is 0 Å². The van der Waals surface area contributed by atoms with Crippen molar-refractivity contribution in [2.24, 2.45) is 0 Å². The van der Waals surface area contributed by atoms with Gasteiger partial charge in [0.25, 0.3) is 5.89 Å². The fourth-order valence-electron chi connectivity index (χ4n) is 1.85. The molecule has 1 aliphatic rings. The van der Waals surface area contributed by atoms with Crippen LogP contribution in [0.1, 0.15) is 6.04 Å². The lowest BCUT2D eigenvalue weighted by Gasteiger charge is -2.26. The first-order chi connectivity index (χ1) is 9.40. The van der Waals surface area contributed by atoms with Crippen molar-refractivity contribution in [3.05, 3.63) is 24.6 Å². The lowest BCUT2D eigenvalue weighted by Crippen LogP contribution is -2.43. The van der Waals surface area contributed by atoms with Gasteiger partial charge in [-0.05, 0) is 12.1 Å². The van der Waals surface area contributed by atoms with Gasteiger partial charge in [-0.3, -0.25) is 0 Å². The minimum Gasteiger partial charge on any atom is -0.461 e. The van der Waals surface area contributed by atoms with Crippen LogP contribution >= 0.6 is 0 Å². The molecule has 3 aromatic heterocycles. The van der Waals surface area contributed by atoms with Crippen molar-refractivity contribution >= 4 is 0 Å². The maximum Gasteiger partial charge on any atom is 0.280 e. The topological polar surface area (TPSA) is 94.8 Å². The predicted octanol–water partition coefficient (Wildman–Crippen LogP) is 0.732. The van der Waals surface area contributed by atoms with Gasteiger partial charge in [0, 0.05) is 13.1 Å². The summed E-state index contributed by atoms with van der Waals surface area (Å²) in [6.45, 7) is 1.81. The Morgan fingerprint density at radius 1 is 1.37 bits per heavy atom. The van der Waals surface area contributed by atoms with Crippen molar-refractivity contribution in [2.75, 3.05) is 13.1 Å². The highest BCUT2D eigenvalue weighted by molar-refractivity contribution is 5.51. The third kappa shape index (κ3) is 1.73. The molecule has 0 aliphatic carbocycles. The van der Waals surface area contributed by atoms with Gasteiger partial charge >= 0.3 is 0 Å². The largest absolute Gasteiger partial charge is 0.461 e. The van der Waals surface area contributed by atoms with Crippen LogP contribution in [0.3, 0.4) is 0 Å². The Morgan fingerprint density at radius 2 is 2.32 bits per heavy atom. The molecule has 8 heteroatoms. The minimum absolute atomic E-state index is 0.338. The minimum atomic E-state index is 0.338. The van der Waals surface area contributed by atoms with E-state index in [4.69, 9.17) is 8.94 Å². The van der Waals surface area contributed by atoms with Gasteiger partial charge in [0.2, 0.25) is 5.82 Å². The summed E-state index contributed by atoms with van der Waals surface area (Å²) in [5, 5.41) is 15.1. The van der Waals surface area contributed by atoms with Crippen LogP contribution in [0.2, 0.25) is 0 Å². The van der Waals surface area contributed by atoms with Crippen LogP contribution in [-0.4, -0.2) is 38.2 Å². The number of nitrogens with one attached hydrogen (secondary N) is 1. The molecule has 3 aromatic rings. The summed E-state index contributed by atoms with van der Waals surface area (Å²) in [6, 6.07) is 3.89. The molecule has 96 valence electrons. The van der Waals surface area contributed by atoms with Gasteiger partial charge in [-0.25, -0.2) is 4.68 Å². The Balaban J connectivity index is 1.63. The van der Waals surface area contributed by atoms with Crippen LogP contribution in [0.15, 0.2) is 33.5 Å². The highest BCUT2D eigenvalue weighted by atomic mass is 16.5. The highest BCUT2D eigenvalue weighted by Gasteiger charge is 2.22. The number of hydrogen-bond donors (Lipinski definition) is 1. The zero-order chi connectivity index (χ0) is 12.7. The molecule has 0 atom stereocenters. The molecule has 1 saturated heterocycles. The number of aromatic nitrogens is 5. The fraction of sp³-hybridized carbons (Fsp3) is 0.273. The van der Waals surface area contributed by atoms with E-state index in [2.05, 4.69) is 25.8 Å². The molecule has 0 radical (unpaired) electrons. The molecule has 0 amide bonds. The summed E-state index contributed by atoms with van der Waals surface area (Å²) in [4.78, 5) is 4.24. The first kappa shape index (κ1) is 10.4. The van der Waals surface area contributed by atoms with E-state index >= 15 is 0 Å². The Hall–Kier alpha value is -2.48. The molecule has 0 bridgehead atoms. The highest BCUT2D eigenvalue weighted by Crippen LogP contribution is 2.21. The van der Waals surface area contributed by atoms with Crippen LogP contribution in [0.25, 0.3) is 23.2 Å². The molecule has 0 unspecified atom stereocenters. The molecule has 1 fully saturated rings. The average molecular weight is 258 g/mol. The summed E-state index contributed by atoms with van der Waals surface area (Å²) in [6.07, 6.45) is 3.37.